The second-order valence-corrected chi connectivity index (χ2v) is 4.45. The minimum Gasteiger partial charge on any atom is -0.370 e. The molecule has 1 aromatic heterocycles. The maximum atomic E-state index is 11.6. The number of rotatable bonds is 4. The van der Waals surface area contributed by atoms with Crippen molar-refractivity contribution in [3.8, 4) is 0 Å². The zero-order valence-corrected chi connectivity index (χ0v) is 10.9. The molecule has 0 aliphatic rings. The summed E-state index contributed by atoms with van der Waals surface area (Å²) in [5, 5.41) is 4.14. The number of benzene rings is 1. The van der Waals surface area contributed by atoms with E-state index in [9.17, 15) is 4.79 Å². The van der Waals surface area contributed by atoms with E-state index in [4.69, 9.17) is 0 Å². The van der Waals surface area contributed by atoms with Gasteiger partial charge in [0, 0.05) is 43.7 Å². The molecule has 1 heterocycles. The van der Waals surface area contributed by atoms with Crippen LogP contribution in [0.3, 0.4) is 0 Å². The molecule has 0 N–H and O–H groups in total. The second kappa shape index (κ2) is 5.04. The van der Waals surface area contributed by atoms with Gasteiger partial charge < -0.3 is 4.90 Å². The van der Waals surface area contributed by atoms with E-state index in [2.05, 4.69) is 10.00 Å². The van der Waals surface area contributed by atoms with Crippen LogP contribution in [0.2, 0.25) is 0 Å². The van der Waals surface area contributed by atoms with Crippen molar-refractivity contribution in [1.82, 2.24) is 9.78 Å². The fraction of sp³-hybridized carbons (Fsp3) is 0.286. The third-order valence-corrected chi connectivity index (χ3v) is 2.87. The Kier molecular flexibility index (Phi) is 3.46. The first-order chi connectivity index (χ1) is 8.58. The van der Waals surface area contributed by atoms with Gasteiger partial charge >= 0.3 is 0 Å². The van der Waals surface area contributed by atoms with E-state index in [0.29, 0.717) is 0 Å². The molecule has 0 saturated carbocycles. The lowest BCUT2D eigenvalue weighted by molar-refractivity contribution is 0.101. The molecule has 4 nitrogen and oxygen atoms in total. The third-order valence-electron chi connectivity index (χ3n) is 2.87. The highest BCUT2D eigenvalue weighted by atomic mass is 16.1. The van der Waals surface area contributed by atoms with Crippen molar-refractivity contribution in [1.29, 1.82) is 0 Å². The molecular formula is C14H17N3O. The minimum absolute atomic E-state index is 0.0867. The van der Waals surface area contributed by atoms with Gasteiger partial charge in [0.05, 0.1) is 6.20 Å². The molecule has 0 amide bonds. The second-order valence-electron chi connectivity index (χ2n) is 4.45. The summed E-state index contributed by atoms with van der Waals surface area (Å²) >= 11 is 0. The van der Waals surface area contributed by atoms with Crippen LogP contribution in [-0.2, 0) is 13.6 Å². The number of anilines is 1. The average Bonchev–Trinajstić information content (AvgIpc) is 2.74. The first-order valence-corrected chi connectivity index (χ1v) is 5.86. The summed E-state index contributed by atoms with van der Waals surface area (Å²) in [6.07, 6.45) is 3.82. The summed E-state index contributed by atoms with van der Waals surface area (Å²) in [5.41, 5.74) is 2.83. The summed E-state index contributed by atoms with van der Waals surface area (Å²) in [5.74, 6) is 0.0867. The maximum absolute atomic E-state index is 11.6. The molecule has 0 radical (unpaired) electrons. The van der Waals surface area contributed by atoms with Gasteiger partial charge in [-0.05, 0) is 19.1 Å². The molecule has 94 valence electrons. The van der Waals surface area contributed by atoms with E-state index in [0.717, 1.165) is 23.4 Å². The molecule has 0 saturated heterocycles. The number of Topliss-reactive ketones (excluding diaryl/α,β-unsaturated/α-hetero) is 1. The molecular weight excluding hydrogens is 226 g/mol. The highest BCUT2D eigenvalue weighted by molar-refractivity contribution is 5.99. The number of para-hydroxylation sites is 1. The number of hydrogen-bond acceptors (Lipinski definition) is 3. The Balaban J connectivity index is 2.23. The molecule has 0 spiro atoms. The van der Waals surface area contributed by atoms with Gasteiger partial charge in [-0.2, -0.15) is 5.10 Å². The first kappa shape index (κ1) is 12.4. The summed E-state index contributed by atoms with van der Waals surface area (Å²) in [4.78, 5) is 13.6. The van der Waals surface area contributed by atoms with Crippen LogP contribution >= 0.6 is 0 Å². The van der Waals surface area contributed by atoms with Crippen molar-refractivity contribution in [2.75, 3.05) is 11.9 Å². The van der Waals surface area contributed by atoms with E-state index >= 15 is 0 Å². The molecule has 1 aromatic carbocycles. The number of carbonyl (C=O) groups is 1. The van der Waals surface area contributed by atoms with Crippen molar-refractivity contribution in [2.45, 2.75) is 13.5 Å². The average molecular weight is 243 g/mol. The summed E-state index contributed by atoms with van der Waals surface area (Å²) < 4.78 is 1.78. The smallest absolute Gasteiger partial charge is 0.161 e. The summed E-state index contributed by atoms with van der Waals surface area (Å²) in [7, 11) is 3.88. The number of carbonyl (C=O) groups excluding carboxylic acids is 1. The van der Waals surface area contributed by atoms with Crippen molar-refractivity contribution in [3.05, 3.63) is 47.8 Å². The molecule has 0 bridgehead atoms. The van der Waals surface area contributed by atoms with Gasteiger partial charge in [0.25, 0.3) is 0 Å². The quantitative estimate of drug-likeness (QED) is 0.773. The number of nitrogens with zero attached hydrogens (tertiary/aromatic N) is 3. The Hall–Kier alpha value is -2.10. The normalized spacial score (nSPS) is 10.4. The summed E-state index contributed by atoms with van der Waals surface area (Å²) in [6, 6.07) is 7.66. The van der Waals surface area contributed by atoms with Crippen LogP contribution in [0.15, 0.2) is 36.7 Å². The Morgan fingerprint density at radius 3 is 2.72 bits per heavy atom. The molecule has 0 fully saturated rings. The van der Waals surface area contributed by atoms with Gasteiger partial charge in [-0.15, -0.1) is 0 Å². The van der Waals surface area contributed by atoms with E-state index in [1.54, 1.807) is 11.6 Å². The number of ketones is 1. The largest absolute Gasteiger partial charge is 0.370 e. The zero-order valence-electron chi connectivity index (χ0n) is 10.9. The zero-order chi connectivity index (χ0) is 13.1. The Labute approximate surface area is 107 Å². The molecule has 18 heavy (non-hydrogen) atoms. The van der Waals surface area contributed by atoms with Gasteiger partial charge in [-0.25, -0.2) is 0 Å². The lowest BCUT2D eigenvalue weighted by Gasteiger charge is -2.20. The van der Waals surface area contributed by atoms with Crippen LogP contribution in [0.5, 0.6) is 0 Å². The fourth-order valence-corrected chi connectivity index (χ4v) is 2.02. The van der Waals surface area contributed by atoms with Crippen molar-refractivity contribution in [2.24, 2.45) is 7.05 Å². The Morgan fingerprint density at radius 1 is 1.39 bits per heavy atom. The molecule has 0 atom stereocenters. The third kappa shape index (κ3) is 2.59. The van der Waals surface area contributed by atoms with Crippen LogP contribution in [0.25, 0.3) is 0 Å². The Morgan fingerprint density at radius 2 is 2.11 bits per heavy atom. The monoisotopic (exact) mass is 243 g/mol. The van der Waals surface area contributed by atoms with Crippen molar-refractivity contribution >= 4 is 11.5 Å². The van der Waals surface area contributed by atoms with Crippen LogP contribution in [0.1, 0.15) is 22.8 Å². The number of aromatic nitrogens is 2. The maximum Gasteiger partial charge on any atom is 0.161 e. The number of aryl methyl sites for hydroxylation is 1. The van der Waals surface area contributed by atoms with Crippen LogP contribution < -0.4 is 4.90 Å². The predicted octanol–water partition coefficient (Wildman–Crippen LogP) is 2.26. The topological polar surface area (TPSA) is 38.1 Å². The fourth-order valence-electron chi connectivity index (χ4n) is 2.02. The van der Waals surface area contributed by atoms with E-state index < -0.39 is 0 Å². The van der Waals surface area contributed by atoms with Gasteiger partial charge in [0.1, 0.15) is 0 Å². The van der Waals surface area contributed by atoms with E-state index in [1.165, 1.54) is 0 Å². The highest BCUT2D eigenvalue weighted by Gasteiger charge is 2.11. The van der Waals surface area contributed by atoms with Crippen LogP contribution in [-0.4, -0.2) is 22.6 Å². The molecule has 0 aliphatic heterocycles. The molecule has 4 heteroatoms. The van der Waals surface area contributed by atoms with E-state index in [-0.39, 0.29) is 5.78 Å². The first-order valence-electron chi connectivity index (χ1n) is 5.86. The van der Waals surface area contributed by atoms with Crippen LogP contribution in [0.4, 0.5) is 5.69 Å². The Bertz CT molecular complexity index is 560. The van der Waals surface area contributed by atoms with E-state index in [1.807, 2.05) is 50.8 Å². The predicted molar refractivity (Wildman–Crippen MR) is 71.8 cm³/mol. The van der Waals surface area contributed by atoms with Crippen molar-refractivity contribution in [3.63, 3.8) is 0 Å². The molecule has 2 aromatic rings. The molecule has 0 aliphatic carbocycles. The number of hydrogen-bond donors (Lipinski definition) is 0. The van der Waals surface area contributed by atoms with Gasteiger partial charge in [-0.1, -0.05) is 12.1 Å². The molecule has 2 rings (SSSR count). The minimum atomic E-state index is 0.0867. The highest BCUT2D eigenvalue weighted by Crippen LogP contribution is 2.21. The lowest BCUT2D eigenvalue weighted by Crippen LogP contribution is -2.18. The molecule has 0 unspecified atom stereocenters. The SMILES string of the molecule is CC(=O)c1ccccc1N(C)Cc1cnn(C)c1. The van der Waals surface area contributed by atoms with Gasteiger partial charge in [-0.3, -0.25) is 9.48 Å². The van der Waals surface area contributed by atoms with Crippen molar-refractivity contribution < 1.29 is 4.79 Å². The van der Waals surface area contributed by atoms with Gasteiger partial charge in [0.2, 0.25) is 0 Å². The van der Waals surface area contributed by atoms with Crippen LogP contribution in [0, 0.1) is 0 Å². The standard InChI is InChI=1S/C14H17N3O/c1-11(18)13-6-4-5-7-14(13)16(2)9-12-8-15-17(3)10-12/h4-8,10H,9H2,1-3H3. The lowest BCUT2D eigenvalue weighted by atomic mass is 10.1. The summed E-state index contributed by atoms with van der Waals surface area (Å²) in [6.45, 7) is 2.33. The van der Waals surface area contributed by atoms with Gasteiger partial charge in [0.15, 0.2) is 5.78 Å².